The number of hydrogen-bond acceptors (Lipinski definition) is 4. The van der Waals surface area contributed by atoms with Crippen molar-refractivity contribution in [1.29, 1.82) is 0 Å². The van der Waals surface area contributed by atoms with E-state index in [1.807, 2.05) is 0 Å². The van der Waals surface area contributed by atoms with Crippen molar-refractivity contribution in [2.75, 3.05) is 19.5 Å². The Hall–Kier alpha value is -2.58. The summed E-state index contributed by atoms with van der Waals surface area (Å²) in [7, 11) is 3.06. The number of carbonyl (C=O) groups is 1. The standard InChI is InChI=1S/C17H17ClFN3O3S/c1-24-14-6-3-10(7-15(14)25-2)8-16(23)21-22-17(26)20-11-4-5-13(19)12(18)9-11/h3-7,9H,8H2,1-2H3,(H,21,23)(H2,20,22,26). The molecule has 1 amide bonds. The van der Waals surface area contributed by atoms with Crippen LogP contribution in [0.25, 0.3) is 0 Å². The van der Waals surface area contributed by atoms with Gasteiger partial charge in [0.15, 0.2) is 16.6 Å². The Morgan fingerprint density at radius 1 is 1.12 bits per heavy atom. The van der Waals surface area contributed by atoms with Gasteiger partial charge in [-0.3, -0.25) is 15.6 Å². The Morgan fingerprint density at radius 2 is 1.85 bits per heavy atom. The van der Waals surface area contributed by atoms with E-state index in [1.54, 1.807) is 18.2 Å². The summed E-state index contributed by atoms with van der Waals surface area (Å²) in [5.74, 6) is 0.284. The number of amides is 1. The van der Waals surface area contributed by atoms with Crippen LogP contribution in [0.3, 0.4) is 0 Å². The van der Waals surface area contributed by atoms with E-state index < -0.39 is 5.82 Å². The van der Waals surface area contributed by atoms with Crippen molar-refractivity contribution in [2.24, 2.45) is 0 Å². The number of benzene rings is 2. The number of anilines is 1. The molecule has 0 fully saturated rings. The molecule has 0 aromatic heterocycles. The first-order valence-corrected chi connectivity index (χ1v) is 8.23. The van der Waals surface area contributed by atoms with Crippen molar-refractivity contribution < 1.29 is 18.7 Å². The van der Waals surface area contributed by atoms with Crippen LogP contribution in [0.15, 0.2) is 36.4 Å². The maximum Gasteiger partial charge on any atom is 0.242 e. The van der Waals surface area contributed by atoms with E-state index in [-0.39, 0.29) is 22.5 Å². The summed E-state index contributed by atoms with van der Waals surface area (Å²) in [6.07, 6.45) is 0.109. The quantitative estimate of drug-likeness (QED) is 0.532. The predicted octanol–water partition coefficient (Wildman–Crippen LogP) is 3.06. The van der Waals surface area contributed by atoms with Gasteiger partial charge in [-0.1, -0.05) is 17.7 Å². The van der Waals surface area contributed by atoms with Crippen LogP contribution >= 0.6 is 23.8 Å². The highest BCUT2D eigenvalue weighted by molar-refractivity contribution is 7.80. The third-order valence-corrected chi connectivity index (χ3v) is 3.80. The molecule has 0 bridgehead atoms. The third-order valence-electron chi connectivity index (χ3n) is 3.31. The predicted molar refractivity (Wildman–Crippen MR) is 102 cm³/mol. The lowest BCUT2D eigenvalue weighted by atomic mass is 10.1. The molecule has 26 heavy (non-hydrogen) atoms. The Balaban J connectivity index is 1.86. The fourth-order valence-corrected chi connectivity index (χ4v) is 2.43. The van der Waals surface area contributed by atoms with Gasteiger partial charge in [0, 0.05) is 5.69 Å². The summed E-state index contributed by atoms with van der Waals surface area (Å²) in [6.45, 7) is 0. The topological polar surface area (TPSA) is 71.6 Å². The zero-order valence-electron chi connectivity index (χ0n) is 14.1. The minimum atomic E-state index is -0.528. The smallest absolute Gasteiger partial charge is 0.242 e. The second-order valence-electron chi connectivity index (χ2n) is 5.12. The number of nitrogens with one attached hydrogen (secondary N) is 3. The lowest BCUT2D eigenvalue weighted by Crippen LogP contribution is -2.44. The number of carbonyl (C=O) groups excluding carboxylic acids is 1. The number of ether oxygens (including phenoxy) is 2. The molecular formula is C17H17ClFN3O3S. The molecule has 0 aliphatic rings. The summed E-state index contributed by atoms with van der Waals surface area (Å²) >= 11 is 10.8. The molecule has 9 heteroatoms. The highest BCUT2D eigenvalue weighted by Crippen LogP contribution is 2.27. The zero-order chi connectivity index (χ0) is 19.1. The highest BCUT2D eigenvalue weighted by Gasteiger charge is 2.09. The van der Waals surface area contributed by atoms with E-state index in [2.05, 4.69) is 16.2 Å². The first-order chi connectivity index (χ1) is 12.4. The number of hydrazine groups is 1. The van der Waals surface area contributed by atoms with Crippen LogP contribution in [-0.4, -0.2) is 25.2 Å². The summed E-state index contributed by atoms with van der Waals surface area (Å²) in [6, 6.07) is 9.27. The molecule has 0 atom stereocenters. The Bertz CT molecular complexity index is 820. The van der Waals surface area contributed by atoms with Gasteiger partial charge >= 0.3 is 0 Å². The fraction of sp³-hybridized carbons (Fsp3) is 0.176. The molecule has 0 unspecified atom stereocenters. The lowest BCUT2D eigenvalue weighted by Gasteiger charge is -2.13. The van der Waals surface area contributed by atoms with E-state index in [1.165, 1.54) is 32.4 Å². The van der Waals surface area contributed by atoms with Crippen molar-refractivity contribution in [3.63, 3.8) is 0 Å². The maximum absolute atomic E-state index is 13.1. The number of thiocarbonyl (C=S) groups is 1. The van der Waals surface area contributed by atoms with E-state index in [9.17, 15) is 9.18 Å². The number of methoxy groups -OCH3 is 2. The monoisotopic (exact) mass is 397 g/mol. The number of hydrogen-bond donors (Lipinski definition) is 3. The largest absolute Gasteiger partial charge is 0.493 e. The van der Waals surface area contributed by atoms with Crippen LogP contribution in [0, 0.1) is 5.82 Å². The molecule has 0 radical (unpaired) electrons. The van der Waals surface area contributed by atoms with Gasteiger partial charge in [-0.25, -0.2) is 4.39 Å². The summed E-state index contributed by atoms with van der Waals surface area (Å²) < 4.78 is 23.5. The van der Waals surface area contributed by atoms with E-state index in [4.69, 9.17) is 33.3 Å². The normalized spacial score (nSPS) is 10.0. The van der Waals surface area contributed by atoms with Crippen molar-refractivity contribution in [1.82, 2.24) is 10.9 Å². The average Bonchev–Trinajstić information content (AvgIpc) is 2.63. The average molecular weight is 398 g/mol. The summed E-state index contributed by atoms with van der Waals surface area (Å²) in [4.78, 5) is 12.0. The first kappa shape index (κ1) is 19.7. The SMILES string of the molecule is COc1ccc(CC(=O)NNC(=S)Nc2ccc(F)c(Cl)c2)cc1OC. The van der Waals surface area contributed by atoms with E-state index >= 15 is 0 Å². The zero-order valence-corrected chi connectivity index (χ0v) is 15.6. The van der Waals surface area contributed by atoms with Gasteiger partial charge in [-0.2, -0.15) is 0 Å². The van der Waals surface area contributed by atoms with Gasteiger partial charge in [0.2, 0.25) is 5.91 Å². The molecule has 0 spiro atoms. The van der Waals surface area contributed by atoms with Crippen LogP contribution in [0.2, 0.25) is 5.02 Å². The van der Waals surface area contributed by atoms with Crippen molar-refractivity contribution in [2.45, 2.75) is 6.42 Å². The highest BCUT2D eigenvalue weighted by atomic mass is 35.5. The van der Waals surface area contributed by atoms with E-state index in [0.717, 1.165) is 5.56 Å². The molecule has 2 rings (SSSR count). The van der Waals surface area contributed by atoms with Crippen molar-refractivity contribution in [3.05, 3.63) is 52.8 Å². The minimum absolute atomic E-state index is 0.0321. The van der Waals surface area contributed by atoms with Gasteiger partial charge in [0.25, 0.3) is 0 Å². The molecule has 2 aromatic carbocycles. The molecule has 6 nitrogen and oxygen atoms in total. The Morgan fingerprint density at radius 3 is 2.50 bits per heavy atom. The Labute approximate surface area is 160 Å². The third kappa shape index (κ3) is 5.47. The Kier molecular flexibility index (Phi) is 6.99. The van der Waals surface area contributed by atoms with Crippen molar-refractivity contribution >= 4 is 40.5 Å². The maximum atomic E-state index is 13.1. The number of rotatable bonds is 5. The van der Waals surface area contributed by atoms with Crippen molar-refractivity contribution in [3.8, 4) is 11.5 Å². The molecule has 0 heterocycles. The van der Waals surface area contributed by atoms with Gasteiger partial charge < -0.3 is 14.8 Å². The summed E-state index contributed by atoms with van der Waals surface area (Å²) in [5, 5.41) is 2.88. The van der Waals surface area contributed by atoms with Gasteiger partial charge in [-0.15, -0.1) is 0 Å². The molecule has 3 N–H and O–H groups in total. The van der Waals surface area contributed by atoms with Crippen LogP contribution in [0.4, 0.5) is 10.1 Å². The number of halogens is 2. The van der Waals surface area contributed by atoms with E-state index in [0.29, 0.717) is 17.2 Å². The first-order valence-electron chi connectivity index (χ1n) is 7.44. The van der Waals surface area contributed by atoms with Gasteiger partial charge in [0.1, 0.15) is 5.82 Å². The molecule has 0 aliphatic carbocycles. The second kappa shape index (κ2) is 9.21. The second-order valence-corrected chi connectivity index (χ2v) is 5.94. The van der Waals surface area contributed by atoms with Gasteiger partial charge in [0.05, 0.1) is 25.7 Å². The molecule has 0 saturated carbocycles. The molecular weight excluding hydrogens is 381 g/mol. The fourth-order valence-electron chi connectivity index (χ4n) is 2.08. The minimum Gasteiger partial charge on any atom is -0.493 e. The molecule has 2 aromatic rings. The van der Waals surface area contributed by atoms with Crippen LogP contribution in [0.5, 0.6) is 11.5 Å². The van der Waals surface area contributed by atoms with Crippen LogP contribution in [0.1, 0.15) is 5.56 Å². The lowest BCUT2D eigenvalue weighted by molar-refractivity contribution is -0.120. The molecule has 0 saturated heterocycles. The van der Waals surface area contributed by atoms with Crippen LogP contribution in [-0.2, 0) is 11.2 Å². The summed E-state index contributed by atoms with van der Waals surface area (Å²) in [5.41, 5.74) is 6.27. The molecule has 138 valence electrons. The van der Waals surface area contributed by atoms with Crippen LogP contribution < -0.4 is 25.6 Å². The van der Waals surface area contributed by atoms with Gasteiger partial charge in [-0.05, 0) is 48.1 Å². The molecule has 0 aliphatic heterocycles.